The molecule has 3 nitrogen and oxygen atoms in total. The lowest BCUT2D eigenvalue weighted by Crippen LogP contribution is -2.63. The van der Waals surface area contributed by atoms with Gasteiger partial charge >= 0.3 is 0 Å². The topological polar surface area (TPSA) is 40.5 Å². The number of likely N-dealkylation sites (tertiary alicyclic amines) is 1. The van der Waals surface area contributed by atoms with Crippen LogP contribution in [0.25, 0.3) is 0 Å². The highest BCUT2D eigenvalue weighted by molar-refractivity contribution is 5.77. The second kappa shape index (κ2) is 4.09. The van der Waals surface area contributed by atoms with Crippen LogP contribution in [0.2, 0.25) is 0 Å². The Kier molecular flexibility index (Phi) is 3.31. The van der Waals surface area contributed by atoms with Gasteiger partial charge in [-0.1, -0.05) is 20.3 Å². The van der Waals surface area contributed by atoms with Crippen molar-refractivity contribution in [3.63, 3.8) is 0 Å². The van der Waals surface area contributed by atoms with Crippen LogP contribution in [0.4, 0.5) is 0 Å². The summed E-state index contributed by atoms with van der Waals surface area (Å²) in [4.78, 5) is 13.1. The van der Waals surface area contributed by atoms with Crippen molar-refractivity contribution in [3.05, 3.63) is 0 Å². The van der Waals surface area contributed by atoms with Gasteiger partial charge in [0.2, 0.25) is 5.91 Å². The Morgan fingerprint density at radius 3 is 2.46 bits per heavy atom. The maximum Gasteiger partial charge on any atom is 0.222 e. The summed E-state index contributed by atoms with van der Waals surface area (Å²) in [5.74, 6) is 0.184. The molecule has 1 rings (SSSR count). The predicted octanol–water partition coefficient (Wildman–Crippen LogP) is 1.16. The normalized spacial score (nSPS) is 19.8. The molecule has 0 spiro atoms. The molecule has 13 heavy (non-hydrogen) atoms. The molecule has 1 heterocycles. The number of β-amino-alcohol motifs (C(OH)–C–C–N with tert-alkyl or cyclic N) is 1. The van der Waals surface area contributed by atoms with Crippen molar-refractivity contribution < 1.29 is 9.90 Å². The Balaban J connectivity index is 2.27. The standard InChI is InChI=1S/C10H19NO2/c1-3-5-9(12)11-7-10(13,8-11)6-4-2/h13H,3-8H2,1-2H3. The van der Waals surface area contributed by atoms with E-state index in [1.807, 2.05) is 6.92 Å². The maximum absolute atomic E-state index is 11.3. The molecule has 1 saturated heterocycles. The average Bonchev–Trinajstić information content (AvgIpc) is 2.01. The van der Waals surface area contributed by atoms with Crippen LogP contribution >= 0.6 is 0 Å². The minimum absolute atomic E-state index is 0.184. The first-order chi connectivity index (χ1) is 6.11. The number of amides is 1. The Morgan fingerprint density at radius 2 is 2.00 bits per heavy atom. The fourth-order valence-corrected chi connectivity index (χ4v) is 1.84. The number of hydrogen-bond acceptors (Lipinski definition) is 2. The molecule has 0 radical (unpaired) electrons. The van der Waals surface area contributed by atoms with Gasteiger partial charge in [0.05, 0.1) is 18.7 Å². The number of aliphatic hydroxyl groups is 1. The molecule has 0 aliphatic carbocycles. The minimum atomic E-state index is -0.571. The fourth-order valence-electron chi connectivity index (χ4n) is 1.84. The van der Waals surface area contributed by atoms with Crippen molar-refractivity contribution in [1.82, 2.24) is 4.90 Å². The third-order valence-electron chi connectivity index (χ3n) is 2.50. The Morgan fingerprint density at radius 1 is 1.38 bits per heavy atom. The first kappa shape index (κ1) is 10.5. The van der Waals surface area contributed by atoms with Gasteiger partial charge in [-0.15, -0.1) is 0 Å². The summed E-state index contributed by atoms with van der Waals surface area (Å²) in [5.41, 5.74) is -0.571. The molecule has 0 unspecified atom stereocenters. The Bertz CT molecular complexity index is 185. The van der Waals surface area contributed by atoms with E-state index in [1.54, 1.807) is 4.90 Å². The van der Waals surface area contributed by atoms with Gasteiger partial charge in [-0.25, -0.2) is 0 Å². The van der Waals surface area contributed by atoms with E-state index in [9.17, 15) is 9.90 Å². The van der Waals surface area contributed by atoms with E-state index in [-0.39, 0.29) is 5.91 Å². The first-order valence-electron chi connectivity index (χ1n) is 5.11. The zero-order chi connectivity index (χ0) is 9.90. The molecule has 1 aliphatic rings. The highest BCUT2D eigenvalue weighted by Gasteiger charge is 2.41. The van der Waals surface area contributed by atoms with Gasteiger partial charge in [0.15, 0.2) is 0 Å². The van der Waals surface area contributed by atoms with Gasteiger partial charge in [0, 0.05) is 6.42 Å². The van der Waals surface area contributed by atoms with Crippen molar-refractivity contribution in [1.29, 1.82) is 0 Å². The van der Waals surface area contributed by atoms with Crippen LogP contribution < -0.4 is 0 Å². The van der Waals surface area contributed by atoms with Crippen molar-refractivity contribution >= 4 is 5.91 Å². The number of carbonyl (C=O) groups excluding carboxylic acids is 1. The second-order valence-corrected chi connectivity index (χ2v) is 3.97. The highest BCUT2D eigenvalue weighted by atomic mass is 16.3. The van der Waals surface area contributed by atoms with E-state index in [0.29, 0.717) is 19.5 Å². The van der Waals surface area contributed by atoms with Crippen molar-refractivity contribution in [3.8, 4) is 0 Å². The molecule has 1 amide bonds. The zero-order valence-corrected chi connectivity index (χ0v) is 8.55. The number of nitrogens with zero attached hydrogens (tertiary/aromatic N) is 1. The molecule has 0 aromatic carbocycles. The van der Waals surface area contributed by atoms with Crippen LogP contribution in [0.5, 0.6) is 0 Å². The van der Waals surface area contributed by atoms with Crippen molar-refractivity contribution in [2.75, 3.05) is 13.1 Å². The van der Waals surface area contributed by atoms with E-state index < -0.39 is 5.60 Å². The number of carbonyl (C=O) groups is 1. The summed E-state index contributed by atoms with van der Waals surface area (Å²) in [6, 6.07) is 0. The van der Waals surface area contributed by atoms with E-state index in [2.05, 4.69) is 6.92 Å². The maximum atomic E-state index is 11.3. The van der Waals surface area contributed by atoms with E-state index >= 15 is 0 Å². The quantitative estimate of drug-likeness (QED) is 0.714. The third kappa shape index (κ3) is 2.44. The van der Waals surface area contributed by atoms with Gasteiger partial charge in [0.1, 0.15) is 0 Å². The van der Waals surface area contributed by atoms with Crippen LogP contribution in [0, 0.1) is 0 Å². The number of rotatable bonds is 4. The van der Waals surface area contributed by atoms with Gasteiger partial charge in [0.25, 0.3) is 0 Å². The minimum Gasteiger partial charge on any atom is -0.386 e. The lowest BCUT2D eigenvalue weighted by Gasteiger charge is -2.46. The second-order valence-electron chi connectivity index (χ2n) is 3.97. The lowest BCUT2D eigenvalue weighted by molar-refractivity contribution is -0.156. The van der Waals surface area contributed by atoms with Gasteiger partial charge < -0.3 is 10.0 Å². The van der Waals surface area contributed by atoms with Crippen molar-refractivity contribution in [2.24, 2.45) is 0 Å². The summed E-state index contributed by atoms with van der Waals surface area (Å²) in [6.07, 6.45) is 3.29. The van der Waals surface area contributed by atoms with Crippen LogP contribution in [-0.2, 0) is 4.79 Å². The van der Waals surface area contributed by atoms with Crippen LogP contribution in [0.15, 0.2) is 0 Å². The van der Waals surface area contributed by atoms with Crippen LogP contribution in [0.3, 0.4) is 0 Å². The van der Waals surface area contributed by atoms with Crippen molar-refractivity contribution in [2.45, 2.75) is 45.1 Å². The molecule has 0 bridgehead atoms. The average molecular weight is 185 g/mol. The third-order valence-corrected chi connectivity index (χ3v) is 2.50. The monoisotopic (exact) mass is 185 g/mol. The SMILES string of the molecule is CCCC(=O)N1CC(O)(CCC)C1. The Hall–Kier alpha value is -0.570. The summed E-state index contributed by atoms with van der Waals surface area (Å²) < 4.78 is 0. The molecule has 0 saturated carbocycles. The largest absolute Gasteiger partial charge is 0.386 e. The van der Waals surface area contributed by atoms with E-state index in [4.69, 9.17) is 0 Å². The summed E-state index contributed by atoms with van der Waals surface area (Å²) >= 11 is 0. The smallest absolute Gasteiger partial charge is 0.222 e. The summed E-state index contributed by atoms with van der Waals surface area (Å²) in [6.45, 7) is 5.13. The molecule has 0 aromatic rings. The van der Waals surface area contributed by atoms with Gasteiger partial charge in [-0.05, 0) is 12.8 Å². The molecule has 0 aromatic heterocycles. The molecule has 1 fully saturated rings. The number of hydrogen-bond donors (Lipinski definition) is 1. The summed E-state index contributed by atoms with van der Waals surface area (Å²) in [5, 5.41) is 9.80. The van der Waals surface area contributed by atoms with E-state index in [0.717, 1.165) is 19.3 Å². The molecule has 76 valence electrons. The lowest BCUT2D eigenvalue weighted by atomic mass is 9.89. The summed E-state index contributed by atoms with van der Waals surface area (Å²) in [7, 11) is 0. The van der Waals surface area contributed by atoms with Crippen LogP contribution in [-0.4, -0.2) is 34.6 Å². The fraction of sp³-hybridized carbons (Fsp3) is 0.900. The molecule has 0 atom stereocenters. The molecular weight excluding hydrogens is 166 g/mol. The van der Waals surface area contributed by atoms with Gasteiger partial charge in [-0.2, -0.15) is 0 Å². The first-order valence-corrected chi connectivity index (χ1v) is 5.11. The van der Waals surface area contributed by atoms with Crippen LogP contribution in [0.1, 0.15) is 39.5 Å². The molecule has 1 N–H and O–H groups in total. The Labute approximate surface area is 79.7 Å². The predicted molar refractivity (Wildman–Crippen MR) is 51.3 cm³/mol. The molecule has 3 heteroatoms. The molecule has 1 aliphatic heterocycles. The highest BCUT2D eigenvalue weighted by Crippen LogP contribution is 2.26. The zero-order valence-electron chi connectivity index (χ0n) is 8.55. The van der Waals surface area contributed by atoms with E-state index in [1.165, 1.54) is 0 Å². The molecular formula is C10H19NO2. The van der Waals surface area contributed by atoms with Gasteiger partial charge in [-0.3, -0.25) is 4.79 Å².